The summed E-state index contributed by atoms with van der Waals surface area (Å²) in [6, 6.07) is 6.84. The van der Waals surface area contributed by atoms with Crippen molar-refractivity contribution in [3.63, 3.8) is 0 Å². The summed E-state index contributed by atoms with van der Waals surface area (Å²) in [6.45, 7) is 0. The van der Waals surface area contributed by atoms with Crippen LogP contribution in [0.3, 0.4) is 0 Å². The van der Waals surface area contributed by atoms with Crippen molar-refractivity contribution in [2.24, 2.45) is 0 Å². The van der Waals surface area contributed by atoms with Gasteiger partial charge in [-0.1, -0.05) is 12.1 Å². The number of carboxylic acid groups (broad SMARTS) is 1. The van der Waals surface area contributed by atoms with Gasteiger partial charge in [0.1, 0.15) is 5.52 Å². The second-order valence-corrected chi connectivity index (χ2v) is 3.92. The van der Waals surface area contributed by atoms with Gasteiger partial charge in [-0.15, -0.1) is 0 Å². The Kier molecular flexibility index (Phi) is 10.0. The van der Waals surface area contributed by atoms with Gasteiger partial charge in [0, 0.05) is 11.5 Å². The van der Waals surface area contributed by atoms with Gasteiger partial charge in [-0.2, -0.15) is 0 Å². The van der Waals surface area contributed by atoms with Crippen molar-refractivity contribution in [2.75, 3.05) is 0 Å². The fraction of sp³-hybridized carbons (Fsp3) is 0.182. The van der Waals surface area contributed by atoms with Crippen LogP contribution >= 0.6 is 0 Å². The van der Waals surface area contributed by atoms with Crippen molar-refractivity contribution in [1.82, 2.24) is 4.98 Å². The molecule has 19 heavy (non-hydrogen) atoms. The second kappa shape index (κ2) is 9.36. The first-order valence-corrected chi connectivity index (χ1v) is 5.25. The number of benzene rings is 1. The van der Waals surface area contributed by atoms with Crippen molar-refractivity contribution in [3.05, 3.63) is 30.2 Å². The Bertz CT molecular complexity index is 554. The Labute approximate surface area is 200 Å². The van der Waals surface area contributed by atoms with Gasteiger partial charge >= 0.3 is 103 Å². The van der Waals surface area contributed by atoms with E-state index >= 15 is 0 Å². The third kappa shape index (κ3) is 5.55. The molecule has 1 unspecified atom stereocenters. The largest absolute Gasteiger partial charge is 1.00 e. The van der Waals surface area contributed by atoms with Crippen LogP contribution in [0.1, 0.15) is 18.2 Å². The minimum absolute atomic E-state index is 0. The molecule has 0 saturated heterocycles. The predicted molar refractivity (Wildman–Crippen MR) is 58.7 cm³/mol. The van der Waals surface area contributed by atoms with Gasteiger partial charge in [0.25, 0.3) is 0 Å². The van der Waals surface area contributed by atoms with Crippen molar-refractivity contribution in [2.45, 2.75) is 12.3 Å². The van der Waals surface area contributed by atoms with Gasteiger partial charge in [0.2, 0.25) is 5.89 Å². The molecule has 1 heterocycles. The fourth-order valence-corrected chi connectivity index (χ4v) is 1.64. The zero-order valence-electron chi connectivity index (χ0n) is 10.6. The molecule has 2 rings (SSSR count). The summed E-state index contributed by atoms with van der Waals surface area (Å²) >= 11 is 4.36. The van der Waals surface area contributed by atoms with Gasteiger partial charge in [0.15, 0.2) is 5.58 Å². The van der Waals surface area contributed by atoms with Crippen LogP contribution in [0.4, 0.5) is 0 Å². The first-order valence-electron chi connectivity index (χ1n) is 4.84. The molecule has 0 radical (unpaired) electrons. The molecule has 0 fully saturated rings. The molecular formula is C11H7K2NO4S. The zero-order chi connectivity index (χ0) is 12.4. The molecule has 0 aliphatic carbocycles. The molecular weight excluding hydrogens is 320 g/mol. The van der Waals surface area contributed by atoms with Crippen LogP contribution in [-0.2, 0) is 22.2 Å². The minimum Gasteiger partial charge on any atom is -0.742 e. The Morgan fingerprint density at radius 3 is 2.47 bits per heavy atom. The maximum atomic E-state index is 10.9. The average molecular weight is 327 g/mol. The summed E-state index contributed by atoms with van der Waals surface area (Å²) in [5, 5.41) is 10.2. The summed E-state index contributed by atoms with van der Waals surface area (Å²) in [7, 11) is 0. The van der Waals surface area contributed by atoms with Gasteiger partial charge in [-0.05, 0) is 12.1 Å². The SMILES string of the molecule is O=C([S-])CC(C(=O)[O-])c1nc2ccccc2o1.[K+].[K+]. The third-order valence-electron chi connectivity index (χ3n) is 2.26. The van der Waals surface area contributed by atoms with Crippen LogP contribution in [0, 0.1) is 0 Å². The molecule has 0 aliphatic rings. The van der Waals surface area contributed by atoms with E-state index in [1.807, 2.05) is 0 Å². The van der Waals surface area contributed by atoms with Gasteiger partial charge in [-0.3, -0.25) is 0 Å². The first kappa shape index (κ1) is 20.3. The Hall–Kier alpha value is 1.32. The number of hydrogen-bond donors (Lipinski definition) is 0. The molecule has 0 spiro atoms. The van der Waals surface area contributed by atoms with Gasteiger partial charge in [0.05, 0.1) is 11.9 Å². The van der Waals surface area contributed by atoms with Crippen molar-refractivity contribution >= 4 is 34.8 Å². The van der Waals surface area contributed by atoms with E-state index in [0.29, 0.717) is 11.1 Å². The number of carbonyl (C=O) groups is 2. The van der Waals surface area contributed by atoms with Gasteiger partial charge in [-0.25, -0.2) is 4.98 Å². The van der Waals surface area contributed by atoms with Crippen LogP contribution in [0.2, 0.25) is 0 Å². The molecule has 1 atom stereocenters. The Morgan fingerprint density at radius 2 is 1.95 bits per heavy atom. The molecule has 2 aromatic rings. The monoisotopic (exact) mass is 327 g/mol. The topological polar surface area (TPSA) is 83.2 Å². The third-order valence-corrected chi connectivity index (χ3v) is 2.43. The van der Waals surface area contributed by atoms with Crippen molar-refractivity contribution < 1.29 is 122 Å². The number of hydrogen-bond acceptors (Lipinski definition) is 6. The van der Waals surface area contributed by atoms with E-state index in [1.54, 1.807) is 24.3 Å². The molecule has 8 heteroatoms. The zero-order valence-corrected chi connectivity index (χ0v) is 17.6. The van der Waals surface area contributed by atoms with E-state index in [1.165, 1.54) is 0 Å². The second-order valence-electron chi connectivity index (χ2n) is 3.47. The maximum Gasteiger partial charge on any atom is 1.00 e. The molecule has 1 aromatic carbocycles. The summed E-state index contributed by atoms with van der Waals surface area (Å²) in [4.78, 5) is 25.7. The summed E-state index contributed by atoms with van der Waals surface area (Å²) in [5.41, 5.74) is 0.996. The van der Waals surface area contributed by atoms with Crippen LogP contribution in [0.25, 0.3) is 11.1 Å². The number of rotatable bonds is 4. The Morgan fingerprint density at radius 1 is 1.32 bits per heavy atom. The van der Waals surface area contributed by atoms with Crippen molar-refractivity contribution in [1.29, 1.82) is 0 Å². The number of aromatic nitrogens is 1. The summed E-state index contributed by atoms with van der Waals surface area (Å²) in [6.07, 6.45) is -0.357. The minimum atomic E-state index is -1.42. The normalized spacial score (nSPS) is 11.2. The van der Waals surface area contributed by atoms with E-state index in [4.69, 9.17) is 4.42 Å². The molecule has 0 aliphatic heterocycles. The predicted octanol–water partition coefficient (Wildman–Crippen LogP) is -5.87. The maximum absolute atomic E-state index is 10.9. The Balaban J connectivity index is 0.00000162. The molecule has 0 N–H and O–H groups in total. The standard InChI is InChI=1S/C11H9NO4S.2K/c13-9(17)5-6(11(14)15)10-12-7-3-1-2-4-8(7)16-10;;/h1-4,6H,5H2,(H,13,17)(H,14,15);;/q;2*+1/p-2. The van der Waals surface area contributed by atoms with Crippen LogP contribution < -0.4 is 108 Å². The average Bonchev–Trinajstić information content (AvgIpc) is 2.68. The molecule has 1 aromatic heterocycles. The number of nitrogens with zero attached hydrogens (tertiary/aromatic N) is 1. The number of carboxylic acids is 1. The molecule has 0 amide bonds. The van der Waals surface area contributed by atoms with E-state index in [0.717, 1.165) is 0 Å². The van der Waals surface area contributed by atoms with Gasteiger partial charge < -0.3 is 31.7 Å². The number of oxazole rings is 1. The van der Waals surface area contributed by atoms with Crippen LogP contribution in [-0.4, -0.2) is 16.1 Å². The van der Waals surface area contributed by atoms with E-state index in [-0.39, 0.29) is 115 Å². The summed E-state index contributed by atoms with van der Waals surface area (Å²) < 4.78 is 5.26. The van der Waals surface area contributed by atoms with Crippen molar-refractivity contribution in [3.8, 4) is 0 Å². The number of para-hydroxylation sites is 2. The number of carbonyl (C=O) groups excluding carboxylic acids is 2. The quantitative estimate of drug-likeness (QED) is 0.411. The molecule has 88 valence electrons. The van der Waals surface area contributed by atoms with E-state index in [2.05, 4.69) is 17.6 Å². The molecule has 0 bridgehead atoms. The van der Waals surface area contributed by atoms with Crippen LogP contribution in [0.15, 0.2) is 28.7 Å². The number of fused-ring (bicyclic) bond motifs is 1. The molecule has 5 nitrogen and oxygen atoms in total. The first-order chi connectivity index (χ1) is 8.08. The van der Waals surface area contributed by atoms with E-state index < -0.39 is 17.0 Å². The number of aliphatic carboxylic acids is 1. The summed E-state index contributed by atoms with van der Waals surface area (Å²) in [5.74, 6) is -2.70. The fourth-order valence-electron chi connectivity index (χ4n) is 1.48. The van der Waals surface area contributed by atoms with Crippen LogP contribution in [0.5, 0.6) is 0 Å². The van der Waals surface area contributed by atoms with E-state index in [9.17, 15) is 14.7 Å². The smallest absolute Gasteiger partial charge is 0.742 e. The molecule has 0 saturated carbocycles.